The van der Waals surface area contributed by atoms with Crippen LogP contribution in [0.25, 0.3) is 88.5 Å². The Bertz CT molecular complexity index is 4540. The predicted molar refractivity (Wildman–Crippen MR) is 329 cm³/mol. The van der Waals surface area contributed by atoms with Gasteiger partial charge >= 0.3 is 42.1 Å². The number of fused-ring (bicyclic) bond motifs is 11. The van der Waals surface area contributed by atoms with E-state index >= 15 is 0 Å². The molecule has 0 radical (unpaired) electrons. The minimum Gasteiger partial charge on any atom is -0.373 e. The molecule has 2 aliphatic heterocycles. The third-order valence-electron chi connectivity index (χ3n) is 14.8. The van der Waals surface area contributed by atoms with Crippen LogP contribution in [-0.4, -0.2) is 40.8 Å². The van der Waals surface area contributed by atoms with Crippen molar-refractivity contribution < 1.29 is 46.7 Å². The first kappa shape index (κ1) is 55.5. The van der Waals surface area contributed by atoms with E-state index in [-0.39, 0.29) is 48.8 Å². The van der Waals surface area contributed by atoms with Gasteiger partial charge in [0, 0.05) is 60.1 Å². The van der Waals surface area contributed by atoms with Gasteiger partial charge in [-0.25, -0.2) is 4.98 Å². The first-order valence-corrected chi connectivity index (χ1v) is 28.3. The molecule has 8 aromatic carbocycles. The largest absolute Gasteiger partial charge is 2.00 e. The van der Waals surface area contributed by atoms with E-state index in [1.54, 1.807) is 12.4 Å². The molecule has 0 N–H and O–H groups in total. The van der Waals surface area contributed by atoms with Crippen LogP contribution in [-0.2, 0) is 60.3 Å². The molecule has 0 saturated carbocycles. The molecule has 0 aliphatic carbocycles. The van der Waals surface area contributed by atoms with Crippen molar-refractivity contribution in [2.24, 2.45) is 7.05 Å². The van der Waals surface area contributed by atoms with Crippen molar-refractivity contribution in [3.63, 3.8) is 0 Å². The van der Waals surface area contributed by atoms with Crippen molar-refractivity contribution in [2.75, 3.05) is 0 Å². The zero-order valence-electron chi connectivity index (χ0n) is 44.6. The second kappa shape index (κ2) is 24.3. The molecule has 0 fully saturated rings. The zero-order valence-corrected chi connectivity index (χ0v) is 50.0. The third-order valence-corrected chi connectivity index (χ3v) is 17.8. The Balaban J connectivity index is 0.000000133. The van der Waals surface area contributed by atoms with Crippen LogP contribution in [0.2, 0.25) is 0 Å². The number of rotatable bonds is 5. The van der Waals surface area contributed by atoms with Gasteiger partial charge in [-0.3, -0.25) is 9.97 Å². The summed E-state index contributed by atoms with van der Waals surface area (Å²) in [6.07, 6.45) is 9.13. The number of aromatic nitrogens is 7. The van der Waals surface area contributed by atoms with Crippen LogP contribution in [0.15, 0.2) is 249 Å². The predicted octanol–water partition coefficient (Wildman–Crippen LogP) is 12.1. The van der Waals surface area contributed by atoms with Crippen molar-refractivity contribution in [1.29, 1.82) is 0 Å². The van der Waals surface area contributed by atoms with E-state index in [4.69, 9.17) is 4.98 Å². The molecular weight excluding hydrogens is 1390 g/mol. The van der Waals surface area contributed by atoms with Crippen molar-refractivity contribution in [3.05, 3.63) is 274 Å². The molecule has 16 rings (SSSR count). The van der Waals surface area contributed by atoms with Gasteiger partial charge in [0.1, 0.15) is 11.1 Å². The number of hydrogen-bond acceptors (Lipinski definition) is 6. The van der Waals surface area contributed by atoms with Gasteiger partial charge in [-0.15, -0.1) is 88.2 Å². The molecule has 1 unspecified atom stereocenters. The average Bonchev–Trinajstić information content (AvgIpc) is 3.84. The normalized spacial score (nSPS) is 13.2. The topological polar surface area (TPSA) is 91.4 Å². The van der Waals surface area contributed by atoms with Crippen LogP contribution < -0.4 is 32.6 Å². The molecule has 8 heterocycles. The van der Waals surface area contributed by atoms with Crippen LogP contribution >= 0.6 is 7.14 Å². The van der Waals surface area contributed by atoms with Crippen LogP contribution in [0.4, 0.5) is 0 Å². The summed E-state index contributed by atoms with van der Waals surface area (Å²) >= 11 is 0. The number of para-hydroxylation sites is 2. The van der Waals surface area contributed by atoms with Gasteiger partial charge in [-0.05, 0) is 64.8 Å². The van der Waals surface area contributed by atoms with Crippen LogP contribution in [0.1, 0.15) is 6.92 Å². The molecule has 0 saturated heterocycles. The van der Waals surface area contributed by atoms with E-state index in [9.17, 15) is 4.57 Å². The van der Waals surface area contributed by atoms with E-state index in [1.165, 1.54) is 38.3 Å². The molecule has 82 heavy (non-hydrogen) atoms. The summed E-state index contributed by atoms with van der Waals surface area (Å²) in [6, 6.07) is 86.4. The van der Waals surface area contributed by atoms with Gasteiger partial charge in [0.2, 0.25) is 6.71 Å². The SMILES string of the molecule is CCn1c2ccccc2c2ccc(B3c4[c-]c(-c5nccn5C)ccc4-c4ccccc43)nc21.O=P1(c2ccccn2)c2[c-]c(-c3cc4ccccc4cn3)ccc2-c2ccccc21.[Pt+2].[Pt+2].[c-]1ccccc1.[c-]1ccnc2ccccc12. The van der Waals surface area contributed by atoms with E-state index < -0.39 is 7.14 Å². The minimum atomic E-state index is -3.09. The molecular formula is C70H49BN7OPPt2. The maximum Gasteiger partial charge on any atom is 2.00 e. The number of imidazole rings is 1. The maximum absolute atomic E-state index is 14.5. The molecule has 0 bridgehead atoms. The Kier molecular flexibility index (Phi) is 16.5. The summed E-state index contributed by atoms with van der Waals surface area (Å²) in [7, 11) is -1.07. The van der Waals surface area contributed by atoms with Crippen molar-refractivity contribution in [2.45, 2.75) is 13.5 Å². The Hall–Kier alpha value is -8.44. The van der Waals surface area contributed by atoms with Gasteiger partial charge in [-0.2, -0.15) is 36.4 Å². The number of pyridine rings is 4. The van der Waals surface area contributed by atoms with Crippen molar-refractivity contribution >= 4 is 90.0 Å². The smallest absolute Gasteiger partial charge is 0.373 e. The Morgan fingerprint density at radius 2 is 1.32 bits per heavy atom. The number of nitrogens with zero attached hydrogens (tertiary/aromatic N) is 7. The molecule has 6 aromatic heterocycles. The van der Waals surface area contributed by atoms with Gasteiger partial charge in [0.15, 0.2) is 7.14 Å². The molecule has 2 aliphatic rings. The fraction of sp³-hybridized carbons (Fsp3) is 0.0429. The van der Waals surface area contributed by atoms with Gasteiger partial charge in [0.05, 0.1) is 11.3 Å². The number of aryl methyl sites for hydroxylation is 2. The number of hydrogen-bond donors (Lipinski definition) is 0. The quantitative estimate of drug-likeness (QED) is 0.0969. The summed E-state index contributed by atoms with van der Waals surface area (Å²) in [4.78, 5) is 23.1. The Labute approximate surface area is 506 Å². The molecule has 0 amide bonds. The summed E-state index contributed by atoms with van der Waals surface area (Å²) in [5, 5.41) is 7.30. The van der Waals surface area contributed by atoms with E-state index in [0.29, 0.717) is 5.44 Å². The Morgan fingerprint density at radius 1 is 0.573 bits per heavy atom. The Morgan fingerprint density at radius 3 is 2.10 bits per heavy atom. The third kappa shape index (κ3) is 10.3. The second-order valence-electron chi connectivity index (χ2n) is 19.5. The minimum absolute atomic E-state index is 0. The van der Waals surface area contributed by atoms with Gasteiger partial charge in [-0.1, -0.05) is 143 Å². The van der Waals surface area contributed by atoms with E-state index in [2.05, 4.69) is 141 Å². The van der Waals surface area contributed by atoms with Crippen molar-refractivity contribution in [1.82, 2.24) is 34.1 Å². The van der Waals surface area contributed by atoms with Crippen molar-refractivity contribution in [3.8, 4) is 44.9 Å². The van der Waals surface area contributed by atoms with Gasteiger partial charge in [0.25, 0.3) is 0 Å². The monoisotopic (exact) mass is 1440 g/mol. The zero-order chi connectivity index (χ0) is 54.0. The first-order chi connectivity index (χ1) is 39.5. The molecule has 14 aromatic rings. The fourth-order valence-electron chi connectivity index (χ4n) is 11.1. The van der Waals surface area contributed by atoms with Gasteiger partial charge < -0.3 is 23.7 Å². The molecule has 8 nitrogen and oxygen atoms in total. The standard InChI is InChI=1S/C29H22BN4.C26H16N2OP.C9H6N.C6H5.2Pt/c1-3-34-26-11-7-5-9-22(26)23-14-15-27(32-29(23)34)30-24-10-6-4-8-20(24)21-13-12-19(18-25(21)30)28-31-16-17-33(28)2;29-30(26-11-5-6-14-27-26)24-10-4-3-9-21(24)22-13-12-19(16-25(22)30)23-15-18-7-1-2-8-20(18)17-28-23;1-2-6-9-8(4-1)5-3-7-10-9;1-2-4-6-5-3-1;;/h4-17H,3H2,1-2H3;1-15,17H;1-4,6-7H;1-5H;;/q4*-1;2*+2. The second-order valence-corrected chi connectivity index (χ2v) is 22.1. The van der Waals surface area contributed by atoms with Crippen LogP contribution in [0, 0.1) is 24.3 Å². The fourth-order valence-corrected chi connectivity index (χ4v) is 14.0. The van der Waals surface area contributed by atoms with E-state index in [1.807, 2.05) is 164 Å². The summed E-state index contributed by atoms with van der Waals surface area (Å²) < 4.78 is 18.9. The molecule has 1 atom stereocenters. The summed E-state index contributed by atoms with van der Waals surface area (Å²) in [6.45, 7) is 3.11. The molecule has 0 spiro atoms. The molecule has 12 heteroatoms. The van der Waals surface area contributed by atoms with E-state index in [0.717, 1.165) is 83.8 Å². The maximum atomic E-state index is 14.5. The average molecular weight is 1440 g/mol. The molecule has 398 valence electrons. The summed E-state index contributed by atoms with van der Waals surface area (Å²) in [5.74, 6) is 0.923. The number of benzene rings is 8. The van der Waals surface area contributed by atoms with Crippen LogP contribution in [0.3, 0.4) is 0 Å². The first-order valence-electron chi connectivity index (χ1n) is 26.6. The van der Waals surface area contributed by atoms with Crippen LogP contribution in [0.5, 0.6) is 0 Å². The summed E-state index contributed by atoms with van der Waals surface area (Å²) in [5.41, 5.74) is 14.5.